The first kappa shape index (κ1) is 16.6. The number of aryl methyl sites for hydroxylation is 2. The van der Waals surface area contributed by atoms with Crippen molar-refractivity contribution < 1.29 is 14.3 Å². The molecule has 1 saturated carbocycles. The molecule has 1 heterocycles. The summed E-state index contributed by atoms with van der Waals surface area (Å²) >= 11 is 0. The zero-order chi connectivity index (χ0) is 17.2. The molecule has 4 heteroatoms. The number of hydrogen-bond donors (Lipinski definition) is 0. The van der Waals surface area contributed by atoms with Crippen molar-refractivity contribution in [2.24, 2.45) is 5.92 Å². The number of benzene rings is 1. The van der Waals surface area contributed by atoms with Gasteiger partial charge in [-0.3, -0.25) is 4.79 Å². The first-order chi connectivity index (χ1) is 12.2. The second kappa shape index (κ2) is 7.19. The van der Waals surface area contributed by atoms with E-state index in [1.54, 1.807) is 0 Å². The number of amides is 1. The van der Waals surface area contributed by atoms with Gasteiger partial charge in [-0.2, -0.15) is 0 Å². The fourth-order valence-corrected chi connectivity index (χ4v) is 4.93. The minimum absolute atomic E-state index is 0.0221. The minimum Gasteiger partial charge on any atom is -0.452 e. The van der Waals surface area contributed by atoms with Crippen LogP contribution in [0.4, 0.5) is 0 Å². The summed E-state index contributed by atoms with van der Waals surface area (Å²) in [6.07, 6.45) is 10.4. The lowest BCUT2D eigenvalue weighted by Crippen LogP contribution is -2.50. The maximum Gasteiger partial charge on any atom is 0.338 e. The van der Waals surface area contributed by atoms with Crippen molar-refractivity contribution in [2.45, 2.75) is 63.8 Å². The third-order valence-corrected chi connectivity index (χ3v) is 6.22. The van der Waals surface area contributed by atoms with E-state index in [0.29, 0.717) is 17.5 Å². The van der Waals surface area contributed by atoms with Gasteiger partial charge in [0.05, 0.1) is 5.56 Å². The standard InChI is InChI=1S/C21H27NO3/c23-20(22-12-4-8-16-5-1-2-9-19(16)22)14-25-21(24)18-11-10-15-6-3-7-17(15)13-18/h10-11,13,16,19H,1-9,12,14H2/t16-,19+/m0/s1. The van der Waals surface area contributed by atoms with Crippen LogP contribution in [0.5, 0.6) is 0 Å². The van der Waals surface area contributed by atoms with Crippen LogP contribution in [0.2, 0.25) is 0 Å². The molecule has 0 spiro atoms. The Hall–Kier alpha value is -1.84. The average Bonchev–Trinajstić information content (AvgIpc) is 3.13. The SMILES string of the molecule is O=C(OCC(=O)N1CCC[C@@H]2CCCC[C@H]21)c1ccc2c(c1)CCC2. The zero-order valence-electron chi connectivity index (χ0n) is 14.8. The maximum atomic E-state index is 12.6. The van der Waals surface area contributed by atoms with Crippen LogP contribution in [-0.2, 0) is 22.4 Å². The van der Waals surface area contributed by atoms with Crippen molar-refractivity contribution in [1.29, 1.82) is 0 Å². The van der Waals surface area contributed by atoms with Gasteiger partial charge >= 0.3 is 5.97 Å². The van der Waals surface area contributed by atoms with E-state index in [0.717, 1.165) is 38.6 Å². The number of ether oxygens (including phenoxy) is 1. The fraction of sp³-hybridized carbons (Fsp3) is 0.619. The number of piperidine rings is 1. The molecule has 0 radical (unpaired) electrons. The van der Waals surface area contributed by atoms with E-state index in [2.05, 4.69) is 0 Å². The molecular formula is C21H27NO3. The Bertz CT molecular complexity index is 667. The predicted molar refractivity (Wildman–Crippen MR) is 95.4 cm³/mol. The van der Waals surface area contributed by atoms with Gasteiger partial charge in [0.2, 0.25) is 0 Å². The van der Waals surface area contributed by atoms with Gasteiger partial charge in [-0.05, 0) is 74.1 Å². The van der Waals surface area contributed by atoms with Crippen LogP contribution < -0.4 is 0 Å². The van der Waals surface area contributed by atoms with Gasteiger partial charge in [0, 0.05) is 12.6 Å². The highest BCUT2D eigenvalue weighted by molar-refractivity contribution is 5.91. The second-order valence-corrected chi connectivity index (χ2v) is 7.75. The number of esters is 1. The van der Waals surface area contributed by atoms with Crippen LogP contribution in [0.25, 0.3) is 0 Å². The first-order valence-corrected chi connectivity index (χ1v) is 9.81. The molecule has 1 saturated heterocycles. The van der Waals surface area contributed by atoms with E-state index >= 15 is 0 Å². The average molecular weight is 341 g/mol. The van der Waals surface area contributed by atoms with Crippen molar-refractivity contribution in [2.75, 3.05) is 13.2 Å². The van der Waals surface area contributed by atoms with Gasteiger partial charge < -0.3 is 9.64 Å². The number of rotatable bonds is 3. The Morgan fingerprint density at radius 3 is 2.72 bits per heavy atom. The van der Waals surface area contributed by atoms with Gasteiger partial charge in [0.15, 0.2) is 6.61 Å². The third-order valence-electron chi connectivity index (χ3n) is 6.22. The molecule has 0 N–H and O–H groups in total. The van der Waals surface area contributed by atoms with Gasteiger partial charge in [-0.25, -0.2) is 4.79 Å². The lowest BCUT2D eigenvalue weighted by Gasteiger charge is -2.44. The van der Waals surface area contributed by atoms with Gasteiger partial charge in [0.1, 0.15) is 0 Å². The van der Waals surface area contributed by atoms with Crippen LogP contribution >= 0.6 is 0 Å². The van der Waals surface area contributed by atoms with Gasteiger partial charge in [-0.1, -0.05) is 18.9 Å². The fourth-order valence-electron chi connectivity index (χ4n) is 4.93. The van der Waals surface area contributed by atoms with Crippen molar-refractivity contribution in [1.82, 2.24) is 4.90 Å². The Morgan fingerprint density at radius 1 is 1.00 bits per heavy atom. The topological polar surface area (TPSA) is 46.6 Å². The molecule has 1 aromatic rings. The molecular weight excluding hydrogens is 314 g/mol. The lowest BCUT2D eigenvalue weighted by molar-refractivity contribution is -0.140. The smallest absolute Gasteiger partial charge is 0.338 e. The van der Waals surface area contributed by atoms with Gasteiger partial charge in [0.25, 0.3) is 5.91 Å². The van der Waals surface area contributed by atoms with Crippen molar-refractivity contribution in [3.8, 4) is 0 Å². The highest BCUT2D eigenvalue weighted by Crippen LogP contribution is 2.35. The summed E-state index contributed by atoms with van der Waals surface area (Å²) < 4.78 is 5.35. The van der Waals surface area contributed by atoms with Crippen molar-refractivity contribution >= 4 is 11.9 Å². The van der Waals surface area contributed by atoms with Crippen LogP contribution in [-0.4, -0.2) is 36.0 Å². The third kappa shape index (κ3) is 3.44. The monoisotopic (exact) mass is 341 g/mol. The number of hydrogen-bond acceptors (Lipinski definition) is 3. The molecule has 0 bridgehead atoms. The molecule has 4 rings (SSSR count). The number of carbonyl (C=O) groups is 2. The predicted octanol–water partition coefficient (Wildman–Crippen LogP) is 3.51. The number of carbonyl (C=O) groups excluding carboxylic acids is 2. The summed E-state index contributed by atoms with van der Waals surface area (Å²) in [6, 6.07) is 6.16. The van der Waals surface area contributed by atoms with E-state index in [9.17, 15) is 9.59 Å². The van der Waals surface area contributed by atoms with E-state index in [-0.39, 0.29) is 18.5 Å². The molecule has 0 aromatic heterocycles. The van der Waals surface area contributed by atoms with E-state index < -0.39 is 0 Å². The molecule has 1 amide bonds. The Morgan fingerprint density at radius 2 is 1.80 bits per heavy atom. The summed E-state index contributed by atoms with van der Waals surface area (Å²) in [4.78, 5) is 26.9. The highest BCUT2D eigenvalue weighted by Gasteiger charge is 2.35. The first-order valence-electron chi connectivity index (χ1n) is 9.81. The summed E-state index contributed by atoms with van der Waals surface area (Å²) in [7, 11) is 0. The van der Waals surface area contributed by atoms with E-state index in [4.69, 9.17) is 4.74 Å². The lowest BCUT2D eigenvalue weighted by atomic mass is 9.78. The molecule has 25 heavy (non-hydrogen) atoms. The summed E-state index contributed by atoms with van der Waals surface area (Å²) in [5, 5.41) is 0. The Balaban J connectivity index is 1.35. The molecule has 4 nitrogen and oxygen atoms in total. The maximum absolute atomic E-state index is 12.6. The second-order valence-electron chi connectivity index (χ2n) is 7.75. The number of fused-ring (bicyclic) bond motifs is 2. The van der Waals surface area contributed by atoms with Crippen molar-refractivity contribution in [3.05, 3.63) is 34.9 Å². The van der Waals surface area contributed by atoms with Crippen LogP contribution in [0.3, 0.4) is 0 Å². The highest BCUT2D eigenvalue weighted by atomic mass is 16.5. The summed E-state index contributed by atoms with van der Waals surface area (Å²) in [5.41, 5.74) is 3.16. The molecule has 2 aliphatic carbocycles. The van der Waals surface area contributed by atoms with E-state index in [1.165, 1.54) is 36.8 Å². The zero-order valence-corrected chi connectivity index (χ0v) is 14.8. The molecule has 2 fully saturated rings. The summed E-state index contributed by atoms with van der Waals surface area (Å²) in [6.45, 7) is 0.690. The van der Waals surface area contributed by atoms with Crippen LogP contribution in [0.1, 0.15) is 66.4 Å². The minimum atomic E-state index is -0.375. The normalized spacial score (nSPS) is 25.2. The molecule has 1 aliphatic heterocycles. The van der Waals surface area contributed by atoms with E-state index in [1.807, 2.05) is 23.1 Å². The Labute approximate surface area is 149 Å². The van der Waals surface area contributed by atoms with Crippen molar-refractivity contribution in [3.63, 3.8) is 0 Å². The Kier molecular flexibility index (Phi) is 4.78. The van der Waals surface area contributed by atoms with Gasteiger partial charge in [-0.15, -0.1) is 0 Å². The largest absolute Gasteiger partial charge is 0.452 e. The molecule has 3 aliphatic rings. The number of likely N-dealkylation sites (tertiary alicyclic amines) is 1. The van der Waals surface area contributed by atoms with Crippen LogP contribution in [0.15, 0.2) is 18.2 Å². The van der Waals surface area contributed by atoms with Crippen LogP contribution in [0, 0.1) is 5.92 Å². The quantitative estimate of drug-likeness (QED) is 0.791. The molecule has 2 atom stereocenters. The molecule has 134 valence electrons. The molecule has 0 unspecified atom stereocenters. The number of nitrogens with zero attached hydrogens (tertiary/aromatic N) is 1. The molecule has 1 aromatic carbocycles. The summed E-state index contributed by atoms with van der Waals surface area (Å²) in [5.74, 6) is 0.255.